The van der Waals surface area contributed by atoms with Crippen LogP contribution >= 0.6 is 0 Å². The van der Waals surface area contributed by atoms with Gasteiger partial charge < -0.3 is 9.84 Å². The number of benzene rings is 4. The van der Waals surface area contributed by atoms with Gasteiger partial charge in [-0.15, -0.1) is 0 Å². The van der Waals surface area contributed by atoms with Crippen LogP contribution < -0.4 is 4.74 Å². The van der Waals surface area contributed by atoms with Crippen molar-refractivity contribution in [2.75, 3.05) is 0 Å². The van der Waals surface area contributed by atoms with Crippen molar-refractivity contribution in [1.29, 1.82) is 0 Å². The van der Waals surface area contributed by atoms with Crippen LogP contribution in [0.25, 0.3) is 22.3 Å². The van der Waals surface area contributed by atoms with Gasteiger partial charge >= 0.3 is 0 Å². The second-order valence-corrected chi connectivity index (χ2v) is 7.11. The quantitative estimate of drug-likeness (QED) is 0.334. The molecule has 0 spiro atoms. The van der Waals surface area contributed by atoms with E-state index in [4.69, 9.17) is 4.74 Å². The number of hydrogen-bond donors (Lipinski definition) is 1. The van der Waals surface area contributed by atoms with Crippen LogP contribution in [0.2, 0.25) is 0 Å². The minimum absolute atomic E-state index is 0.00505. The molecule has 0 aromatic heterocycles. The predicted molar refractivity (Wildman–Crippen MR) is 115 cm³/mol. The van der Waals surface area contributed by atoms with E-state index in [1.807, 2.05) is 66.7 Å². The fourth-order valence-corrected chi connectivity index (χ4v) is 4.01. The van der Waals surface area contributed by atoms with Gasteiger partial charge in [0.05, 0.1) is 4.92 Å². The molecule has 0 saturated heterocycles. The maximum atomic E-state index is 11.1. The van der Waals surface area contributed by atoms with Gasteiger partial charge in [0, 0.05) is 23.3 Å². The van der Waals surface area contributed by atoms with E-state index in [0.717, 1.165) is 33.4 Å². The van der Waals surface area contributed by atoms with Crippen LogP contribution in [0, 0.1) is 10.1 Å². The fourth-order valence-electron chi connectivity index (χ4n) is 4.01. The summed E-state index contributed by atoms with van der Waals surface area (Å²) in [6, 6.07) is 27.4. The summed E-state index contributed by atoms with van der Waals surface area (Å²) in [6.45, 7) is 0. The molecule has 146 valence electrons. The molecule has 0 saturated carbocycles. The number of nitrogens with zero attached hydrogens (tertiary/aromatic N) is 1. The van der Waals surface area contributed by atoms with Gasteiger partial charge in [0.1, 0.15) is 17.6 Å². The second-order valence-electron chi connectivity index (χ2n) is 7.11. The summed E-state index contributed by atoms with van der Waals surface area (Å²) < 4.78 is 6.14. The molecule has 0 bridgehead atoms. The van der Waals surface area contributed by atoms with Gasteiger partial charge in [0.2, 0.25) is 0 Å². The number of aliphatic hydroxyl groups is 1. The molecule has 4 aromatic rings. The molecular weight excluding hydrogens is 378 g/mol. The van der Waals surface area contributed by atoms with E-state index in [-0.39, 0.29) is 5.69 Å². The average molecular weight is 395 g/mol. The summed E-state index contributed by atoms with van der Waals surface area (Å²) in [7, 11) is 0. The normalized spacial score (nSPS) is 14.1. The van der Waals surface area contributed by atoms with Gasteiger partial charge in [-0.2, -0.15) is 0 Å². The molecule has 1 aliphatic carbocycles. The molecular formula is C25H17NO4. The molecule has 0 heterocycles. The maximum absolute atomic E-state index is 11.1. The Bertz CT molecular complexity index is 1250. The Balaban J connectivity index is 1.66. The van der Waals surface area contributed by atoms with E-state index in [2.05, 4.69) is 0 Å². The molecule has 30 heavy (non-hydrogen) atoms. The number of nitro groups is 1. The minimum atomic E-state index is -0.758. The van der Waals surface area contributed by atoms with Crippen molar-refractivity contribution in [3.8, 4) is 33.8 Å². The molecule has 0 amide bonds. The van der Waals surface area contributed by atoms with Crippen molar-refractivity contribution in [3.05, 3.63) is 112 Å². The zero-order valence-corrected chi connectivity index (χ0v) is 15.9. The lowest BCUT2D eigenvalue weighted by atomic mass is 9.93. The number of nitro benzene ring substituents is 1. The zero-order chi connectivity index (χ0) is 20.7. The standard InChI is InChI=1S/C25H17NO4/c27-25-21-9-5-4-8-19(21)20-14-15-22(23(24(20)25)16-6-2-1-3-7-16)30-18-12-10-17(11-13-18)26(28)29/h1-15,25,27H. The molecule has 4 aromatic carbocycles. The minimum Gasteiger partial charge on any atom is -0.457 e. The number of fused-ring (bicyclic) bond motifs is 3. The molecule has 0 fully saturated rings. The number of aliphatic hydroxyl groups excluding tert-OH is 1. The lowest BCUT2D eigenvalue weighted by Gasteiger charge is -2.18. The Morgan fingerprint density at radius 3 is 2.23 bits per heavy atom. The monoisotopic (exact) mass is 395 g/mol. The van der Waals surface area contributed by atoms with Gasteiger partial charge in [-0.1, -0.05) is 60.7 Å². The smallest absolute Gasteiger partial charge is 0.269 e. The van der Waals surface area contributed by atoms with Crippen LogP contribution in [0.5, 0.6) is 11.5 Å². The summed E-state index contributed by atoms with van der Waals surface area (Å²) in [5.41, 5.74) is 5.42. The first-order chi connectivity index (χ1) is 14.6. The van der Waals surface area contributed by atoms with Crippen LogP contribution in [0.3, 0.4) is 0 Å². The van der Waals surface area contributed by atoms with Crippen LogP contribution in [0.1, 0.15) is 17.2 Å². The molecule has 1 N–H and O–H groups in total. The summed E-state index contributed by atoms with van der Waals surface area (Å²) in [5.74, 6) is 1.07. The van der Waals surface area contributed by atoms with E-state index in [1.54, 1.807) is 12.1 Å². The third-order valence-corrected chi connectivity index (χ3v) is 5.36. The third-order valence-electron chi connectivity index (χ3n) is 5.36. The van der Waals surface area contributed by atoms with Crippen molar-refractivity contribution in [3.63, 3.8) is 0 Å². The van der Waals surface area contributed by atoms with Crippen molar-refractivity contribution < 1.29 is 14.8 Å². The van der Waals surface area contributed by atoms with Crippen LogP contribution in [-0.4, -0.2) is 10.0 Å². The van der Waals surface area contributed by atoms with Crippen LogP contribution in [-0.2, 0) is 0 Å². The first-order valence-electron chi connectivity index (χ1n) is 9.55. The van der Waals surface area contributed by atoms with E-state index >= 15 is 0 Å². The van der Waals surface area contributed by atoms with Gasteiger partial charge in [-0.05, 0) is 40.5 Å². The largest absolute Gasteiger partial charge is 0.457 e. The van der Waals surface area contributed by atoms with Gasteiger partial charge in [0.25, 0.3) is 5.69 Å². The van der Waals surface area contributed by atoms with Crippen LogP contribution in [0.4, 0.5) is 5.69 Å². The Hall–Kier alpha value is -3.96. The Morgan fingerprint density at radius 1 is 0.800 bits per heavy atom. The number of ether oxygens (including phenoxy) is 1. The van der Waals surface area contributed by atoms with Gasteiger partial charge in [-0.3, -0.25) is 10.1 Å². The first kappa shape index (κ1) is 18.1. The average Bonchev–Trinajstić information content (AvgIpc) is 3.07. The molecule has 0 aliphatic heterocycles. The van der Waals surface area contributed by atoms with Crippen molar-refractivity contribution in [2.24, 2.45) is 0 Å². The second kappa shape index (κ2) is 7.13. The Morgan fingerprint density at radius 2 is 1.50 bits per heavy atom. The SMILES string of the molecule is O=[N+]([O-])c1ccc(Oc2ccc3c(c2-c2ccccc2)C(O)c2ccccc2-3)cc1. The van der Waals surface area contributed by atoms with E-state index in [1.165, 1.54) is 12.1 Å². The lowest BCUT2D eigenvalue weighted by Crippen LogP contribution is -1.99. The lowest BCUT2D eigenvalue weighted by molar-refractivity contribution is -0.384. The molecule has 5 heteroatoms. The van der Waals surface area contributed by atoms with E-state index in [0.29, 0.717) is 11.5 Å². The van der Waals surface area contributed by atoms with Crippen molar-refractivity contribution in [2.45, 2.75) is 6.10 Å². The zero-order valence-electron chi connectivity index (χ0n) is 15.9. The summed E-state index contributed by atoms with van der Waals surface area (Å²) in [5, 5.41) is 22.1. The summed E-state index contributed by atoms with van der Waals surface area (Å²) >= 11 is 0. The maximum Gasteiger partial charge on any atom is 0.269 e. The molecule has 0 radical (unpaired) electrons. The van der Waals surface area contributed by atoms with Crippen molar-refractivity contribution in [1.82, 2.24) is 0 Å². The van der Waals surface area contributed by atoms with E-state index < -0.39 is 11.0 Å². The molecule has 5 nitrogen and oxygen atoms in total. The highest BCUT2D eigenvalue weighted by molar-refractivity contribution is 5.89. The topological polar surface area (TPSA) is 72.6 Å². The Labute approximate surface area is 173 Å². The van der Waals surface area contributed by atoms with Crippen molar-refractivity contribution >= 4 is 5.69 Å². The molecule has 1 atom stereocenters. The highest BCUT2D eigenvalue weighted by Crippen LogP contribution is 2.51. The Kier molecular flexibility index (Phi) is 4.30. The number of hydrogen-bond acceptors (Lipinski definition) is 4. The predicted octanol–water partition coefficient (Wildman–Crippen LogP) is 6.12. The third kappa shape index (κ3) is 2.93. The summed E-state index contributed by atoms with van der Waals surface area (Å²) in [6.07, 6.45) is -0.758. The van der Waals surface area contributed by atoms with Gasteiger partial charge in [-0.25, -0.2) is 0 Å². The van der Waals surface area contributed by atoms with Crippen LogP contribution in [0.15, 0.2) is 91.0 Å². The molecule has 5 rings (SSSR count). The number of non-ortho nitro benzene ring substituents is 1. The summed E-state index contributed by atoms with van der Waals surface area (Å²) in [4.78, 5) is 10.5. The van der Waals surface area contributed by atoms with E-state index in [9.17, 15) is 15.2 Å². The number of rotatable bonds is 4. The highest BCUT2D eigenvalue weighted by atomic mass is 16.6. The van der Waals surface area contributed by atoms with Gasteiger partial charge in [0.15, 0.2) is 0 Å². The first-order valence-corrected chi connectivity index (χ1v) is 9.55. The molecule has 1 aliphatic rings. The molecule has 1 unspecified atom stereocenters. The highest BCUT2D eigenvalue weighted by Gasteiger charge is 2.31. The fraction of sp³-hybridized carbons (Fsp3) is 0.0400.